The number of phenols is 1. The number of allylic oxidation sites excluding steroid dienone is 1. The summed E-state index contributed by atoms with van der Waals surface area (Å²) < 4.78 is 0. The van der Waals surface area contributed by atoms with Gasteiger partial charge in [-0.3, -0.25) is 4.79 Å². The smallest absolute Gasteiger partial charge is 0.163 e. The number of para-hydroxylation sites is 2. The predicted molar refractivity (Wildman–Crippen MR) is 110 cm³/mol. The minimum absolute atomic E-state index is 0.0505. The summed E-state index contributed by atoms with van der Waals surface area (Å²) in [6, 6.07) is 10.4. The number of hydrogen-bond acceptors (Lipinski definition) is 4. The molecule has 1 heterocycles. The maximum absolute atomic E-state index is 13.1. The van der Waals surface area contributed by atoms with Crippen LogP contribution in [0.5, 0.6) is 5.75 Å². The molecular weight excluding hydrogens is 383 g/mol. The largest absolute Gasteiger partial charge is 0.506 e. The molecule has 4 nitrogen and oxygen atoms in total. The molecule has 140 valence electrons. The number of anilines is 2. The molecule has 0 aromatic heterocycles. The summed E-state index contributed by atoms with van der Waals surface area (Å²) in [5.74, 6) is -0.0167. The van der Waals surface area contributed by atoms with Gasteiger partial charge in [-0.2, -0.15) is 0 Å². The van der Waals surface area contributed by atoms with Crippen LogP contribution in [0.3, 0.4) is 0 Å². The minimum Gasteiger partial charge on any atom is -0.506 e. The monoisotopic (exact) mass is 402 g/mol. The van der Waals surface area contributed by atoms with Crippen LogP contribution in [0.4, 0.5) is 11.4 Å². The van der Waals surface area contributed by atoms with Crippen molar-refractivity contribution >= 4 is 40.4 Å². The van der Waals surface area contributed by atoms with Gasteiger partial charge in [0.15, 0.2) is 5.78 Å². The van der Waals surface area contributed by atoms with E-state index in [-0.39, 0.29) is 22.0 Å². The number of rotatable bonds is 1. The molecule has 0 bridgehead atoms. The van der Waals surface area contributed by atoms with Crippen molar-refractivity contribution in [2.45, 2.75) is 32.7 Å². The molecule has 27 heavy (non-hydrogen) atoms. The Morgan fingerprint density at radius 3 is 2.56 bits per heavy atom. The first-order chi connectivity index (χ1) is 12.7. The van der Waals surface area contributed by atoms with E-state index in [0.717, 1.165) is 23.5 Å². The van der Waals surface area contributed by atoms with Crippen molar-refractivity contribution in [1.29, 1.82) is 0 Å². The summed E-state index contributed by atoms with van der Waals surface area (Å²) in [5.41, 5.74) is 3.59. The zero-order valence-corrected chi connectivity index (χ0v) is 16.6. The topological polar surface area (TPSA) is 61.4 Å². The number of carbonyl (C=O) groups is 1. The van der Waals surface area contributed by atoms with Crippen LogP contribution in [-0.2, 0) is 4.79 Å². The summed E-state index contributed by atoms with van der Waals surface area (Å²) in [4.78, 5) is 13.1. The van der Waals surface area contributed by atoms with Gasteiger partial charge in [-0.25, -0.2) is 0 Å². The lowest BCUT2D eigenvalue weighted by Gasteiger charge is -2.34. The molecule has 2 aromatic rings. The lowest BCUT2D eigenvalue weighted by atomic mass is 9.73. The van der Waals surface area contributed by atoms with Crippen molar-refractivity contribution in [2.75, 3.05) is 10.6 Å². The van der Waals surface area contributed by atoms with E-state index in [0.29, 0.717) is 22.6 Å². The maximum atomic E-state index is 13.1. The summed E-state index contributed by atoms with van der Waals surface area (Å²) in [6.07, 6.45) is 1.17. The van der Waals surface area contributed by atoms with Crippen molar-refractivity contribution in [1.82, 2.24) is 0 Å². The third kappa shape index (κ3) is 3.28. The second-order valence-electron chi connectivity index (χ2n) is 7.91. The predicted octanol–water partition coefficient (Wildman–Crippen LogP) is 5.92. The molecule has 0 spiro atoms. The number of benzene rings is 2. The van der Waals surface area contributed by atoms with Crippen LogP contribution in [-0.4, -0.2) is 10.9 Å². The zero-order chi connectivity index (χ0) is 19.3. The van der Waals surface area contributed by atoms with E-state index in [4.69, 9.17) is 23.2 Å². The Balaban J connectivity index is 1.95. The van der Waals surface area contributed by atoms with Gasteiger partial charge < -0.3 is 15.7 Å². The number of hydrogen-bond donors (Lipinski definition) is 3. The van der Waals surface area contributed by atoms with Gasteiger partial charge in [0.2, 0.25) is 0 Å². The number of phenolic OH excluding ortho intramolecular Hbond substituents is 1. The molecular formula is C21H20Cl2N2O2. The molecule has 4 rings (SSSR count). The molecule has 0 amide bonds. The average Bonchev–Trinajstić information content (AvgIpc) is 2.73. The van der Waals surface area contributed by atoms with Gasteiger partial charge in [-0.15, -0.1) is 0 Å². The molecule has 0 radical (unpaired) electrons. The van der Waals surface area contributed by atoms with Gasteiger partial charge in [0.05, 0.1) is 22.4 Å². The lowest BCUT2D eigenvalue weighted by Crippen LogP contribution is -2.31. The van der Waals surface area contributed by atoms with Crippen LogP contribution in [0, 0.1) is 5.41 Å². The van der Waals surface area contributed by atoms with E-state index in [1.807, 2.05) is 24.3 Å². The first kappa shape index (κ1) is 18.2. The molecule has 1 aliphatic heterocycles. The Bertz CT molecular complexity index is 982. The fourth-order valence-corrected chi connectivity index (χ4v) is 4.44. The molecule has 2 aromatic carbocycles. The van der Waals surface area contributed by atoms with Gasteiger partial charge >= 0.3 is 0 Å². The Morgan fingerprint density at radius 2 is 1.81 bits per heavy atom. The number of aromatic hydroxyl groups is 1. The third-order valence-electron chi connectivity index (χ3n) is 5.09. The molecule has 2 aliphatic rings. The van der Waals surface area contributed by atoms with Gasteiger partial charge in [0, 0.05) is 28.3 Å². The number of carbonyl (C=O) groups excluding carboxylic acids is 1. The highest BCUT2D eigenvalue weighted by molar-refractivity contribution is 6.35. The molecule has 0 saturated carbocycles. The summed E-state index contributed by atoms with van der Waals surface area (Å²) in [7, 11) is 0. The Hall–Kier alpha value is -2.17. The van der Waals surface area contributed by atoms with Gasteiger partial charge in [0.25, 0.3) is 0 Å². The van der Waals surface area contributed by atoms with Crippen LogP contribution in [0.15, 0.2) is 47.7 Å². The minimum atomic E-state index is -0.545. The molecule has 1 unspecified atom stereocenters. The SMILES string of the molecule is CC1(C)CC(=O)C2=C(C1)Nc1ccccc1NC2c1cc(Cl)cc(Cl)c1O. The second kappa shape index (κ2) is 6.47. The van der Waals surface area contributed by atoms with Crippen molar-refractivity contribution in [3.8, 4) is 5.75 Å². The third-order valence-corrected chi connectivity index (χ3v) is 5.60. The van der Waals surface area contributed by atoms with Crippen LogP contribution < -0.4 is 10.6 Å². The zero-order valence-electron chi connectivity index (χ0n) is 15.1. The Morgan fingerprint density at radius 1 is 1.11 bits per heavy atom. The fraction of sp³-hybridized carbons (Fsp3) is 0.286. The Labute approximate surface area is 168 Å². The number of Topliss-reactive ketones (excluding diaryl/α,β-unsaturated/α-hetero) is 1. The van der Waals surface area contributed by atoms with Crippen LogP contribution in [0.2, 0.25) is 10.0 Å². The van der Waals surface area contributed by atoms with Crippen molar-refractivity contribution in [2.24, 2.45) is 5.41 Å². The quantitative estimate of drug-likeness (QED) is 0.553. The van der Waals surface area contributed by atoms with Crippen molar-refractivity contribution in [3.63, 3.8) is 0 Å². The van der Waals surface area contributed by atoms with Crippen molar-refractivity contribution < 1.29 is 9.90 Å². The number of ketones is 1. The normalized spacial score (nSPS) is 20.9. The maximum Gasteiger partial charge on any atom is 0.163 e. The number of fused-ring (bicyclic) bond motifs is 1. The average molecular weight is 403 g/mol. The van der Waals surface area contributed by atoms with Crippen LogP contribution in [0.1, 0.15) is 38.3 Å². The summed E-state index contributed by atoms with van der Waals surface area (Å²) >= 11 is 12.4. The van der Waals surface area contributed by atoms with Crippen molar-refractivity contribution in [3.05, 3.63) is 63.3 Å². The van der Waals surface area contributed by atoms with E-state index in [2.05, 4.69) is 24.5 Å². The van der Waals surface area contributed by atoms with E-state index in [1.165, 1.54) is 6.07 Å². The molecule has 1 aliphatic carbocycles. The molecule has 6 heteroatoms. The fourth-order valence-electron chi connectivity index (χ4n) is 3.93. The van der Waals surface area contributed by atoms with Crippen LogP contribution in [0.25, 0.3) is 0 Å². The Kier molecular flexibility index (Phi) is 4.36. The van der Waals surface area contributed by atoms with E-state index < -0.39 is 6.04 Å². The summed E-state index contributed by atoms with van der Waals surface area (Å²) in [6.45, 7) is 4.17. The van der Waals surface area contributed by atoms with E-state index in [9.17, 15) is 9.90 Å². The molecule has 1 atom stereocenters. The van der Waals surface area contributed by atoms with Gasteiger partial charge in [-0.1, -0.05) is 49.2 Å². The highest BCUT2D eigenvalue weighted by Gasteiger charge is 2.39. The first-order valence-corrected chi connectivity index (χ1v) is 9.57. The van der Waals surface area contributed by atoms with E-state index in [1.54, 1.807) is 6.07 Å². The number of nitrogens with one attached hydrogen (secondary N) is 2. The molecule has 0 saturated heterocycles. The van der Waals surface area contributed by atoms with E-state index >= 15 is 0 Å². The van der Waals surface area contributed by atoms with Gasteiger partial charge in [-0.05, 0) is 36.1 Å². The second-order valence-corrected chi connectivity index (χ2v) is 8.75. The first-order valence-electron chi connectivity index (χ1n) is 8.82. The van der Waals surface area contributed by atoms with Crippen LogP contribution >= 0.6 is 23.2 Å². The molecule has 3 N–H and O–H groups in total. The van der Waals surface area contributed by atoms with Gasteiger partial charge in [0.1, 0.15) is 5.75 Å². The lowest BCUT2D eigenvalue weighted by molar-refractivity contribution is -0.118. The highest BCUT2D eigenvalue weighted by atomic mass is 35.5. The number of halogens is 2. The standard InChI is InChI=1S/C21H20Cl2N2O2/c1-21(2)9-16-18(17(26)10-21)19(12-7-11(22)8-13(23)20(12)27)25-15-6-4-3-5-14(15)24-16/h3-8,19,24-25,27H,9-10H2,1-2H3. The summed E-state index contributed by atoms with van der Waals surface area (Å²) in [5, 5.41) is 18.0. The molecule has 0 fully saturated rings. The highest BCUT2D eigenvalue weighted by Crippen LogP contribution is 2.48.